The summed E-state index contributed by atoms with van der Waals surface area (Å²) < 4.78 is 18.7. The lowest BCUT2D eigenvalue weighted by Crippen LogP contribution is -2.69. The second kappa shape index (κ2) is 5.12. The summed E-state index contributed by atoms with van der Waals surface area (Å²) in [6.45, 7) is 5.35. The summed E-state index contributed by atoms with van der Waals surface area (Å²) >= 11 is 1.44. The van der Waals surface area contributed by atoms with Gasteiger partial charge in [0.15, 0.2) is 11.6 Å². The van der Waals surface area contributed by atoms with Crippen LogP contribution >= 0.6 is 11.5 Å². The summed E-state index contributed by atoms with van der Waals surface area (Å²) in [6.07, 6.45) is 3.17. The molecule has 0 saturated carbocycles. The third kappa shape index (κ3) is 2.05. The van der Waals surface area contributed by atoms with E-state index in [9.17, 15) is 4.39 Å². The molecule has 2 aromatic rings. The van der Waals surface area contributed by atoms with Gasteiger partial charge in [0.1, 0.15) is 12.2 Å². The zero-order valence-corrected chi connectivity index (χ0v) is 13.3. The van der Waals surface area contributed by atoms with E-state index < -0.39 is 0 Å². The van der Waals surface area contributed by atoms with Crippen LogP contribution in [0.1, 0.15) is 24.9 Å². The van der Waals surface area contributed by atoms with Crippen molar-refractivity contribution < 1.29 is 4.39 Å². The van der Waals surface area contributed by atoms with E-state index in [4.69, 9.17) is 0 Å². The second-order valence-electron chi connectivity index (χ2n) is 5.79. The minimum Gasteiger partial charge on any atom is -0.350 e. The van der Waals surface area contributed by atoms with E-state index in [-0.39, 0.29) is 5.82 Å². The number of hydrogen-bond acceptors (Lipinski definition) is 7. The zero-order valence-electron chi connectivity index (χ0n) is 12.5. The molecule has 0 radical (unpaired) electrons. The van der Waals surface area contributed by atoms with Gasteiger partial charge in [0.25, 0.3) is 0 Å². The predicted molar refractivity (Wildman–Crippen MR) is 82.9 cm³/mol. The number of hydrogen-bond donors (Lipinski definition) is 0. The maximum Gasteiger partial charge on any atom is 0.205 e. The van der Waals surface area contributed by atoms with E-state index in [0.717, 1.165) is 30.5 Å². The lowest BCUT2D eigenvalue weighted by molar-refractivity contribution is 0.288. The average Bonchev–Trinajstić information content (AvgIpc) is 2.93. The topological polar surface area (TPSA) is 58.0 Å². The molecule has 0 aliphatic carbocycles. The van der Waals surface area contributed by atoms with Crippen LogP contribution in [0.2, 0.25) is 0 Å². The molecule has 6 nitrogen and oxygen atoms in total. The lowest BCUT2D eigenvalue weighted by atomic mass is 9.88. The van der Waals surface area contributed by atoms with Crippen molar-refractivity contribution in [3.63, 3.8) is 0 Å². The second-order valence-corrected chi connectivity index (χ2v) is 6.52. The molecule has 5 rings (SSSR count). The van der Waals surface area contributed by atoms with Crippen LogP contribution in [0.4, 0.5) is 15.3 Å². The monoisotopic (exact) mass is 320 g/mol. The lowest BCUT2D eigenvalue weighted by Gasteiger charge is -2.56. The fraction of sp³-hybridized carbons (Fsp3) is 0.571. The van der Waals surface area contributed by atoms with Crippen LogP contribution in [-0.2, 0) is 6.42 Å². The van der Waals surface area contributed by atoms with Crippen molar-refractivity contribution >= 4 is 22.5 Å². The minimum absolute atomic E-state index is 0.274. The quantitative estimate of drug-likeness (QED) is 0.859. The Labute approximate surface area is 132 Å². The van der Waals surface area contributed by atoms with Crippen molar-refractivity contribution in [2.45, 2.75) is 38.8 Å². The molecule has 116 valence electrons. The SMILES string of the molecule is CCc1ncnc(N2CC3CC(C2)N3c2nc(C)ns2)c1F. The highest BCUT2D eigenvalue weighted by Gasteiger charge is 2.46. The fourth-order valence-electron chi connectivity index (χ4n) is 3.35. The molecule has 3 saturated heterocycles. The van der Waals surface area contributed by atoms with Crippen molar-refractivity contribution in [3.05, 3.63) is 23.7 Å². The summed E-state index contributed by atoms with van der Waals surface area (Å²) in [6, 6.07) is 0.732. The summed E-state index contributed by atoms with van der Waals surface area (Å²) in [5, 5.41) is 0.982. The Morgan fingerprint density at radius 2 is 2.09 bits per heavy atom. The number of fused-ring (bicyclic) bond motifs is 2. The first kappa shape index (κ1) is 13.8. The first-order chi connectivity index (χ1) is 10.7. The zero-order chi connectivity index (χ0) is 15.3. The van der Waals surface area contributed by atoms with Gasteiger partial charge in [0, 0.05) is 24.6 Å². The molecule has 3 fully saturated rings. The highest BCUT2D eigenvalue weighted by Crippen LogP contribution is 2.39. The first-order valence-corrected chi connectivity index (χ1v) is 8.27. The van der Waals surface area contributed by atoms with Gasteiger partial charge in [-0.3, -0.25) is 0 Å². The molecule has 0 amide bonds. The van der Waals surface area contributed by atoms with Crippen molar-refractivity contribution in [2.24, 2.45) is 0 Å². The van der Waals surface area contributed by atoms with Gasteiger partial charge < -0.3 is 9.80 Å². The van der Waals surface area contributed by atoms with Gasteiger partial charge in [-0.25, -0.2) is 19.3 Å². The maximum absolute atomic E-state index is 14.4. The van der Waals surface area contributed by atoms with Crippen LogP contribution < -0.4 is 9.80 Å². The summed E-state index contributed by atoms with van der Waals surface area (Å²) in [5.41, 5.74) is 0.487. The van der Waals surface area contributed by atoms with E-state index in [1.54, 1.807) is 0 Å². The van der Waals surface area contributed by atoms with Crippen LogP contribution in [0.3, 0.4) is 0 Å². The van der Waals surface area contributed by atoms with Gasteiger partial charge in [0.2, 0.25) is 5.13 Å². The molecule has 2 bridgehead atoms. The Morgan fingerprint density at radius 3 is 2.73 bits per heavy atom. The molecule has 0 aromatic carbocycles. The molecule has 2 atom stereocenters. The van der Waals surface area contributed by atoms with E-state index in [1.807, 2.05) is 18.7 Å². The molecule has 5 heterocycles. The molecule has 2 unspecified atom stereocenters. The number of rotatable bonds is 3. The average molecular weight is 320 g/mol. The maximum atomic E-state index is 14.4. The molecule has 3 aliphatic heterocycles. The highest BCUT2D eigenvalue weighted by molar-refractivity contribution is 7.09. The first-order valence-electron chi connectivity index (χ1n) is 7.50. The van der Waals surface area contributed by atoms with Crippen LogP contribution in [0.15, 0.2) is 6.33 Å². The van der Waals surface area contributed by atoms with E-state index >= 15 is 0 Å². The number of nitrogens with zero attached hydrogens (tertiary/aromatic N) is 6. The number of piperazine rings is 1. The Balaban J connectivity index is 1.55. The van der Waals surface area contributed by atoms with E-state index in [1.165, 1.54) is 17.9 Å². The van der Waals surface area contributed by atoms with E-state index in [2.05, 4.69) is 24.2 Å². The third-order valence-corrected chi connectivity index (χ3v) is 5.23. The minimum atomic E-state index is -0.274. The predicted octanol–water partition coefficient (Wildman–Crippen LogP) is 1.81. The van der Waals surface area contributed by atoms with E-state index in [0.29, 0.717) is 30.0 Å². The number of anilines is 2. The normalized spacial score (nSPS) is 23.6. The summed E-state index contributed by atoms with van der Waals surface area (Å²) in [5.74, 6) is 0.982. The number of halogens is 1. The molecular weight excluding hydrogens is 303 g/mol. The van der Waals surface area contributed by atoms with Gasteiger partial charge in [-0.2, -0.15) is 4.37 Å². The summed E-state index contributed by atoms with van der Waals surface area (Å²) in [4.78, 5) is 17.0. The number of aromatic nitrogens is 4. The smallest absolute Gasteiger partial charge is 0.205 e. The number of aryl methyl sites for hydroxylation is 2. The Morgan fingerprint density at radius 1 is 1.32 bits per heavy atom. The van der Waals surface area contributed by atoms with Crippen molar-refractivity contribution in [2.75, 3.05) is 22.9 Å². The van der Waals surface area contributed by atoms with Crippen LogP contribution in [0.25, 0.3) is 0 Å². The third-order valence-electron chi connectivity index (χ3n) is 4.41. The molecular formula is C14H17FN6S. The molecule has 8 heteroatoms. The van der Waals surface area contributed by atoms with Gasteiger partial charge in [0.05, 0.1) is 17.8 Å². The Kier molecular flexibility index (Phi) is 3.21. The van der Waals surface area contributed by atoms with Crippen molar-refractivity contribution in [1.82, 2.24) is 19.3 Å². The molecule has 0 N–H and O–H groups in total. The molecule has 0 spiro atoms. The van der Waals surface area contributed by atoms with Crippen LogP contribution in [0, 0.1) is 12.7 Å². The summed E-state index contributed by atoms with van der Waals surface area (Å²) in [7, 11) is 0. The largest absolute Gasteiger partial charge is 0.350 e. The molecule has 2 aromatic heterocycles. The Hall–Kier alpha value is -1.83. The highest BCUT2D eigenvalue weighted by atomic mass is 32.1. The van der Waals surface area contributed by atoms with Crippen LogP contribution in [-0.4, -0.2) is 44.5 Å². The van der Waals surface area contributed by atoms with Gasteiger partial charge in [-0.05, 0) is 19.8 Å². The number of piperidine rings is 1. The van der Waals surface area contributed by atoms with Gasteiger partial charge in [-0.15, -0.1) is 0 Å². The fourth-order valence-corrected chi connectivity index (χ4v) is 4.17. The van der Waals surface area contributed by atoms with Crippen molar-refractivity contribution in [1.29, 1.82) is 0 Å². The van der Waals surface area contributed by atoms with Crippen molar-refractivity contribution in [3.8, 4) is 0 Å². The molecule has 3 aliphatic rings. The van der Waals surface area contributed by atoms with Gasteiger partial charge >= 0.3 is 0 Å². The Bertz CT molecular complexity index is 692. The molecule has 22 heavy (non-hydrogen) atoms. The van der Waals surface area contributed by atoms with Crippen LogP contribution in [0.5, 0.6) is 0 Å². The van der Waals surface area contributed by atoms with Gasteiger partial charge in [-0.1, -0.05) is 6.92 Å². The standard InChI is InChI=1S/C14H17FN6S/c1-3-11-12(15)13(17-7-16-11)20-5-9-4-10(6-20)21(9)14-18-8(2)19-22-14/h7,9-10H,3-6H2,1-2H3.